The number of rotatable bonds is 6. The molecule has 1 aromatic heterocycles. The summed E-state index contributed by atoms with van der Waals surface area (Å²) in [5.74, 6) is 0.531. The Kier molecular flexibility index (Phi) is 5.87. The molecule has 152 valence electrons. The molecule has 7 heteroatoms. The molecule has 2 aromatic carbocycles. The van der Waals surface area contributed by atoms with E-state index in [1.54, 1.807) is 55.5 Å². The second kappa shape index (κ2) is 8.34. The van der Waals surface area contributed by atoms with Crippen LogP contribution in [-0.4, -0.2) is 28.7 Å². The van der Waals surface area contributed by atoms with E-state index in [1.807, 2.05) is 13.8 Å². The minimum Gasteiger partial charge on any atom is -0.497 e. The molecule has 0 aliphatic heterocycles. The van der Waals surface area contributed by atoms with Crippen molar-refractivity contribution in [1.82, 2.24) is 14.5 Å². The van der Waals surface area contributed by atoms with Crippen LogP contribution in [0.3, 0.4) is 0 Å². The molecule has 0 spiro atoms. The number of aromatic nitrogens is 2. The van der Waals surface area contributed by atoms with Crippen LogP contribution < -0.4 is 21.3 Å². The highest BCUT2D eigenvalue weighted by molar-refractivity contribution is 5.84. The van der Waals surface area contributed by atoms with Crippen molar-refractivity contribution in [2.24, 2.45) is 5.92 Å². The molecule has 0 fully saturated rings. The van der Waals surface area contributed by atoms with E-state index in [2.05, 4.69) is 5.32 Å². The van der Waals surface area contributed by atoms with Crippen LogP contribution in [0.2, 0.25) is 0 Å². The molecule has 1 amide bonds. The molecule has 3 aromatic rings. The van der Waals surface area contributed by atoms with Crippen molar-refractivity contribution in [2.75, 3.05) is 13.7 Å². The van der Waals surface area contributed by atoms with Gasteiger partial charge in [0.15, 0.2) is 0 Å². The highest BCUT2D eigenvalue weighted by Crippen LogP contribution is 2.17. The predicted molar refractivity (Wildman–Crippen MR) is 113 cm³/mol. The summed E-state index contributed by atoms with van der Waals surface area (Å²) >= 11 is 0. The third-order valence-electron chi connectivity index (χ3n) is 4.76. The fraction of sp³-hybridized carbons (Fsp3) is 0.318. The fourth-order valence-corrected chi connectivity index (χ4v) is 3.20. The maximum Gasteiger partial charge on any atom is 0.336 e. The molecule has 3 rings (SSSR count). The van der Waals surface area contributed by atoms with Crippen molar-refractivity contribution in [3.05, 3.63) is 69.4 Å². The number of fused-ring (bicyclic) bond motifs is 1. The summed E-state index contributed by atoms with van der Waals surface area (Å²) < 4.78 is 7.67. The number of para-hydroxylation sites is 1. The second-order valence-corrected chi connectivity index (χ2v) is 7.33. The lowest BCUT2D eigenvalue weighted by molar-refractivity contribution is -0.124. The number of benzene rings is 2. The third kappa shape index (κ3) is 3.94. The normalized spacial score (nSPS) is 12.2. The van der Waals surface area contributed by atoms with Gasteiger partial charge in [0.05, 0.1) is 23.7 Å². The summed E-state index contributed by atoms with van der Waals surface area (Å²) in [6, 6.07) is 12.7. The molecule has 1 N–H and O–H groups in total. The highest BCUT2D eigenvalue weighted by atomic mass is 16.5. The molecule has 7 nitrogen and oxygen atoms in total. The smallest absolute Gasteiger partial charge is 0.336 e. The van der Waals surface area contributed by atoms with Gasteiger partial charge in [0, 0.05) is 12.6 Å². The zero-order valence-electron chi connectivity index (χ0n) is 17.0. The van der Waals surface area contributed by atoms with Crippen LogP contribution in [0.15, 0.2) is 58.1 Å². The number of methoxy groups -OCH3 is 1. The fourth-order valence-electron chi connectivity index (χ4n) is 3.20. The van der Waals surface area contributed by atoms with Gasteiger partial charge in [0.25, 0.3) is 5.56 Å². The maximum atomic E-state index is 13.4. The molecule has 0 unspecified atom stereocenters. The lowest BCUT2D eigenvalue weighted by atomic mass is 10.2. The molecular weight excluding hydrogens is 370 g/mol. The quantitative estimate of drug-likeness (QED) is 0.695. The number of carbonyl (C=O) groups is 1. The van der Waals surface area contributed by atoms with E-state index in [4.69, 9.17) is 4.74 Å². The van der Waals surface area contributed by atoms with Gasteiger partial charge in [0.2, 0.25) is 5.91 Å². The third-order valence-corrected chi connectivity index (χ3v) is 4.76. The molecule has 29 heavy (non-hydrogen) atoms. The Hall–Kier alpha value is -3.35. The lowest BCUT2D eigenvalue weighted by Gasteiger charge is -2.20. The molecular formula is C22H25N3O4. The molecule has 0 saturated heterocycles. The average molecular weight is 395 g/mol. The van der Waals surface area contributed by atoms with Crippen molar-refractivity contribution in [3.8, 4) is 11.4 Å². The number of hydrogen-bond acceptors (Lipinski definition) is 4. The van der Waals surface area contributed by atoms with Gasteiger partial charge >= 0.3 is 5.69 Å². The van der Waals surface area contributed by atoms with Gasteiger partial charge in [-0.2, -0.15) is 0 Å². The molecule has 0 aliphatic carbocycles. The van der Waals surface area contributed by atoms with Crippen LogP contribution in [-0.2, 0) is 4.79 Å². The monoisotopic (exact) mass is 395 g/mol. The zero-order valence-corrected chi connectivity index (χ0v) is 17.0. The number of carbonyl (C=O) groups excluding carboxylic acids is 1. The average Bonchev–Trinajstić information content (AvgIpc) is 2.72. The minimum atomic E-state index is -0.788. The zero-order chi connectivity index (χ0) is 21.1. The van der Waals surface area contributed by atoms with Crippen LogP contribution in [0.25, 0.3) is 16.6 Å². The van der Waals surface area contributed by atoms with Gasteiger partial charge in [0.1, 0.15) is 11.8 Å². The first-order valence-electron chi connectivity index (χ1n) is 9.53. The van der Waals surface area contributed by atoms with E-state index in [0.29, 0.717) is 28.9 Å². The van der Waals surface area contributed by atoms with E-state index in [1.165, 1.54) is 11.7 Å². The topological polar surface area (TPSA) is 82.3 Å². The van der Waals surface area contributed by atoms with Crippen LogP contribution in [0.1, 0.15) is 26.8 Å². The van der Waals surface area contributed by atoms with Gasteiger partial charge in [-0.05, 0) is 37.1 Å². The SMILES string of the molecule is COc1cccc(-n2c(=O)c3ccccc3n([C@@H](C)C(=O)NCC(C)C)c2=O)c1. The Morgan fingerprint density at radius 1 is 1.07 bits per heavy atom. The molecule has 0 radical (unpaired) electrons. The molecule has 0 aliphatic rings. The Morgan fingerprint density at radius 3 is 2.48 bits per heavy atom. The molecule has 0 saturated carbocycles. The van der Waals surface area contributed by atoms with Gasteiger partial charge in [-0.15, -0.1) is 0 Å². The van der Waals surface area contributed by atoms with Gasteiger partial charge in [-0.25, -0.2) is 9.36 Å². The number of ether oxygens (including phenoxy) is 1. The summed E-state index contributed by atoms with van der Waals surface area (Å²) in [7, 11) is 1.52. The van der Waals surface area contributed by atoms with Gasteiger partial charge in [-0.3, -0.25) is 14.2 Å². The van der Waals surface area contributed by atoms with Crippen molar-refractivity contribution in [3.63, 3.8) is 0 Å². The van der Waals surface area contributed by atoms with E-state index in [-0.39, 0.29) is 11.8 Å². The second-order valence-electron chi connectivity index (χ2n) is 7.33. The Balaban J connectivity index is 2.26. The lowest BCUT2D eigenvalue weighted by Crippen LogP contribution is -2.44. The van der Waals surface area contributed by atoms with Crippen LogP contribution in [0.4, 0.5) is 0 Å². The first kappa shape index (κ1) is 20.4. The Bertz CT molecular complexity index is 1160. The van der Waals surface area contributed by atoms with Crippen LogP contribution in [0, 0.1) is 5.92 Å². The summed E-state index contributed by atoms with van der Waals surface area (Å²) in [6.07, 6.45) is 0. The highest BCUT2D eigenvalue weighted by Gasteiger charge is 2.22. The van der Waals surface area contributed by atoms with Crippen LogP contribution >= 0.6 is 0 Å². The largest absolute Gasteiger partial charge is 0.497 e. The van der Waals surface area contributed by atoms with E-state index < -0.39 is 17.3 Å². The summed E-state index contributed by atoms with van der Waals surface area (Å²) in [5.41, 5.74) is -0.207. The number of hydrogen-bond donors (Lipinski definition) is 1. The van der Waals surface area contributed by atoms with E-state index in [0.717, 1.165) is 4.57 Å². The van der Waals surface area contributed by atoms with Crippen molar-refractivity contribution in [2.45, 2.75) is 26.8 Å². The first-order valence-corrected chi connectivity index (χ1v) is 9.53. The molecule has 0 bridgehead atoms. The summed E-state index contributed by atoms with van der Waals surface area (Å²) in [5, 5.41) is 3.22. The standard InChI is InChI=1S/C22H25N3O4/c1-14(2)13-23-20(26)15(3)24-19-11-6-5-10-18(19)21(27)25(22(24)28)16-8-7-9-17(12-16)29-4/h5-12,14-15H,13H2,1-4H3,(H,23,26)/t15-/m0/s1. The summed E-state index contributed by atoms with van der Waals surface area (Å²) in [6.45, 7) is 6.15. The molecule has 1 atom stereocenters. The maximum absolute atomic E-state index is 13.4. The van der Waals surface area contributed by atoms with E-state index in [9.17, 15) is 14.4 Å². The number of nitrogens with zero attached hydrogens (tertiary/aromatic N) is 2. The van der Waals surface area contributed by atoms with Crippen molar-refractivity contribution >= 4 is 16.8 Å². The first-order chi connectivity index (χ1) is 13.8. The van der Waals surface area contributed by atoms with Crippen molar-refractivity contribution in [1.29, 1.82) is 0 Å². The van der Waals surface area contributed by atoms with Gasteiger partial charge < -0.3 is 10.1 Å². The number of amides is 1. The Morgan fingerprint density at radius 2 is 1.79 bits per heavy atom. The van der Waals surface area contributed by atoms with Crippen molar-refractivity contribution < 1.29 is 9.53 Å². The molecule has 1 heterocycles. The minimum absolute atomic E-state index is 0.276. The predicted octanol–water partition coefficient (Wildman–Crippen LogP) is 2.49. The van der Waals surface area contributed by atoms with E-state index >= 15 is 0 Å². The van der Waals surface area contributed by atoms with Crippen LogP contribution in [0.5, 0.6) is 5.75 Å². The van der Waals surface area contributed by atoms with Gasteiger partial charge in [-0.1, -0.05) is 32.0 Å². The number of nitrogens with one attached hydrogen (secondary N) is 1. The Labute approximate surface area is 168 Å². The summed E-state index contributed by atoms with van der Waals surface area (Å²) in [4.78, 5) is 39.2.